The molecule has 8 nitrogen and oxygen atoms in total. The second-order valence-corrected chi connectivity index (χ2v) is 41.6. The van der Waals surface area contributed by atoms with Crippen molar-refractivity contribution in [3.63, 3.8) is 0 Å². The highest BCUT2D eigenvalue weighted by atomic mass is 32.2. The van der Waals surface area contributed by atoms with Gasteiger partial charge in [0, 0.05) is 85.0 Å². The highest BCUT2D eigenvalue weighted by molar-refractivity contribution is 8.00. The van der Waals surface area contributed by atoms with E-state index in [1.54, 1.807) is 0 Å². The zero-order valence-corrected chi connectivity index (χ0v) is 79.9. The third kappa shape index (κ3) is 12.4. The molecule has 0 amide bonds. The number of hydrogen-bond acceptors (Lipinski definition) is 9. The summed E-state index contributed by atoms with van der Waals surface area (Å²) < 4.78 is 16.2. The van der Waals surface area contributed by atoms with E-state index in [0.717, 1.165) is 80.8 Å². The molecule has 21 aromatic carbocycles. The zero-order chi connectivity index (χ0) is 92.3. The molecule has 0 unspecified atom stereocenters. The standard InChI is InChI=1S/C45H31N3S.C41H26N2OS.C41H26N2S2/c1-4-41-47-37-14-9-15-40-44(37)48(41)38-24-28(18-21-39(38)49-40)43-33-12-7-5-10-31(33)42(32-11-6-8-13-34(32)43)27-17-20-30-29-19-16-26(25-46)22-35(29)45(2,3)36(30)23-27;1-2-38-42-32-15-9-17-37-41(32)43(38)33-22-24(19-21-36(33)45-37)39-28-11-3-5-13-30(28)40(31-14-6-4-12-29(31)39)25-18-20-27-26-10-7-8-16-34(26)44-35(27)23-25;1-2-38-42-32-15-9-17-36-41(32)43(38)33-22-24(19-21-35(33)45-36)39-28-11-3-5-13-30(28)40(31-14-6-4-12-29(31)39)25-18-20-27-26-10-7-8-16-34(26)44-37(27)23-25/h5-24H,4H2,1-3H3;2*3-23H,2H2,1H3. The van der Waals surface area contributed by atoms with E-state index in [1.165, 1.54) is 231 Å². The molecule has 0 spiro atoms. The van der Waals surface area contributed by atoms with Gasteiger partial charge in [0.25, 0.3) is 0 Å². The lowest BCUT2D eigenvalue weighted by Crippen LogP contribution is -2.15. The Kier molecular flexibility index (Phi) is 18.5. The normalized spacial score (nSPS) is 13.0. The van der Waals surface area contributed by atoms with Gasteiger partial charge in [0.1, 0.15) is 28.6 Å². The lowest BCUT2D eigenvalue weighted by molar-refractivity contribution is 0.660. The van der Waals surface area contributed by atoms with E-state index in [9.17, 15) is 5.26 Å². The van der Waals surface area contributed by atoms with Gasteiger partial charge >= 0.3 is 0 Å². The fourth-order valence-electron chi connectivity index (χ4n) is 23.3. The maximum atomic E-state index is 9.64. The lowest BCUT2D eigenvalue weighted by atomic mass is 9.80. The van der Waals surface area contributed by atoms with Crippen molar-refractivity contribution in [1.82, 2.24) is 28.7 Å². The average Bonchev–Trinajstić information content (AvgIpc) is 1.65. The van der Waals surface area contributed by atoms with Gasteiger partial charge in [0.15, 0.2) is 0 Å². The number of nitrogens with zero attached hydrogens (tertiary/aromatic N) is 7. The minimum Gasteiger partial charge on any atom is -0.456 e. The van der Waals surface area contributed by atoms with E-state index in [4.69, 9.17) is 19.4 Å². The Morgan fingerprint density at radius 1 is 0.273 bits per heavy atom. The van der Waals surface area contributed by atoms with Gasteiger partial charge in [-0.1, -0.05) is 325 Å². The molecule has 8 heterocycles. The van der Waals surface area contributed by atoms with E-state index >= 15 is 0 Å². The van der Waals surface area contributed by atoms with Crippen molar-refractivity contribution in [2.45, 2.75) is 88.7 Å². The maximum absolute atomic E-state index is 9.64. The van der Waals surface area contributed by atoms with E-state index in [1.807, 2.05) is 64.8 Å². The number of nitriles is 1. The molecule has 139 heavy (non-hydrogen) atoms. The molecule has 0 saturated carbocycles. The van der Waals surface area contributed by atoms with Crippen molar-refractivity contribution in [1.29, 1.82) is 5.26 Å². The Labute approximate surface area is 818 Å². The van der Waals surface area contributed by atoms with Gasteiger partial charge in [0.05, 0.1) is 61.8 Å². The summed E-state index contributed by atoms with van der Waals surface area (Å²) in [6.45, 7) is 11.2. The highest BCUT2D eigenvalue weighted by Gasteiger charge is 2.38. The van der Waals surface area contributed by atoms with Crippen LogP contribution in [0.2, 0.25) is 0 Å². The van der Waals surface area contributed by atoms with Gasteiger partial charge in [-0.2, -0.15) is 5.26 Å². The molecule has 0 saturated heterocycles. The Morgan fingerprint density at radius 2 is 0.583 bits per heavy atom. The fraction of sp³-hybridized carbons (Fsp3) is 0.0709. The first-order valence-corrected chi connectivity index (χ1v) is 51.1. The van der Waals surface area contributed by atoms with Crippen LogP contribution in [0.15, 0.2) is 410 Å². The Hall–Kier alpha value is -15.9. The molecule has 1 aliphatic carbocycles. The molecule has 0 bridgehead atoms. The minimum atomic E-state index is -0.213. The lowest BCUT2D eigenvalue weighted by Gasteiger charge is -2.24. The summed E-state index contributed by atoms with van der Waals surface area (Å²) in [6.07, 6.45) is 2.62. The third-order valence-corrected chi connectivity index (χ3v) is 33.9. The average molecular weight is 1850 g/mol. The number of rotatable bonds is 9. The van der Waals surface area contributed by atoms with Crippen molar-refractivity contribution >= 4 is 186 Å². The predicted molar refractivity (Wildman–Crippen MR) is 584 cm³/mol. The van der Waals surface area contributed by atoms with Gasteiger partial charge < -0.3 is 4.42 Å². The molecule has 0 fully saturated rings. The number of thiophene rings is 1. The van der Waals surface area contributed by atoms with Crippen molar-refractivity contribution in [2.24, 2.45) is 0 Å². The monoisotopic (exact) mass is 1850 g/mol. The van der Waals surface area contributed by atoms with Crippen molar-refractivity contribution < 1.29 is 4.42 Å². The molecule has 26 aromatic rings. The summed E-state index contributed by atoms with van der Waals surface area (Å²) in [5, 5.41) is 29.7. The van der Waals surface area contributed by atoms with Crippen LogP contribution in [0.3, 0.4) is 0 Å². The molecular formula is C127H83N7OS4. The third-order valence-electron chi connectivity index (χ3n) is 29.4. The summed E-state index contributed by atoms with van der Waals surface area (Å²) in [5.74, 6) is 3.30. The van der Waals surface area contributed by atoms with Gasteiger partial charge in [-0.05, 0) is 275 Å². The molecule has 0 N–H and O–H groups in total. The molecule has 4 aliphatic rings. The summed E-state index contributed by atoms with van der Waals surface area (Å²) in [7, 11) is 0. The largest absolute Gasteiger partial charge is 0.456 e. The van der Waals surface area contributed by atoms with Gasteiger partial charge in [-0.25, -0.2) is 15.0 Å². The molecule has 0 radical (unpaired) electrons. The van der Waals surface area contributed by atoms with Crippen molar-refractivity contribution in [3.05, 3.63) is 410 Å². The summed E-state index contributed by atoms with van der Waals surface area (Å²) in [4.78, 5) is 22.7. The van der Waals surface area contributed by atoms with Gasteiger partial charge in [0.2, 0.25) is 0 Å². The Bertz CT molecular complexity index is 9380. The fourth-order valence-corrected chi connectivity index (χ4v) is 27.6. The molecular weight excluding hydrogens is 1770 g/mol. The van der Waals surface area contributed by atoms with E-state index in [2.05, 4.69) is 412 Å². The van der Waals surface area contributed by atoms with Crippen LogP contribution in [-0.4, -0.2) is 28.7 Å². The quantitative estimate of drug-likeness (QED) is 0.132. The molecule has 656 valence electrons. The predicted octanol–water partition coefficient (Wildman–Crippen LogP) is 35.5. The number of furan rings is 1. The molecule has 30 rings (SSSR count). The smallest absolute Gasteiger partial charge is 0.136 e. The molecule has 5 aromatic heterocycles. The van der Waals surface area contributed by atoms with Crippen molar-refractivity contribution in [3.8, 4) is 101 Å². The Balaban J connectivity index is 0.000000103. The van der Waals surface area contributed by atoms with Crippen LogP contribution in [-0.2, 0) is 24.7 Å². The maximum Gasteiger partial charge on any atom is 0.136 e. The van der Waals surface area contributed by atoms with Crippen LogP contribution in [0.25, 0.3) is 235 Å². The molecule has 0 atom stereocenters. The number of aromatic nitrogens is 6. The van der Waals surface area contributed by atoms with Gasteiger partial charge in [-0.3, -0.25) is 13.7 Å². The van der Waals surface area contributed by atoms with E-state index in [0.29, 0.717) is 5.56 Å². The van der Waals surface area contributed by atoms with Gasteiger partial charge in [-0.15, -0.1) is 11.3 Å². The number of aryl methyl sites for hydroxylation is 3. The summed E-state index contributed by atoms with van der Waals surface area (Å²) in [5.41, 5.74) is 32.7. The first-order chi connectivity index (χ1) is 68.5. The second-order valence-electron chi connectivity index (χ2n) is 37.3. The zero-order valence-electron chi connectivity index (χ0n) is 76.6. The Morgan fingerprint density at radius 3 is 0.978 bits per heavy atom. The van der Waals surface area contributed by atoms with Crippen LogP contribution in [0.4, 0.5) is 0 Å². The van der Waals surface area contributed by atoms with Crippen LogP contribution in [0.5, 0.6) is 0 Å². The molecule has 3 aliphatic heterocycles. The first-order valence-electron chi connectivity index (χ1n) is 47.8. The minimum absolute atomic E-state index is 0.213. The number of hydrogen-bond donors (Lipinski definition) is 0. The SMILES string of the molecule is CCc1nc2cccc3c2n1-c1cc(-c2c4ccccc4c(-c4ccc5c(c4)C(C)(C)c4cc(C#N)ccc4-5)c4ccccc24)ccc1S3.CCc1nc2cccc3c2n1-c1cc(-c2c4ccccc4c(-c4ccc5c(c4)oc4ccccc45)c4ccccc24)ccc1S3.CCc1nc2cccc3c2n1-c1cc(-c2c4ccccc4c(-c4ccc5c(c4)sc4ccccc45)c4ccccc24)ccc1S3. The van der Waals surface area contributed by atoms with E-state index < -0.39 is 0 Å². The first kappa shape index (κ1) is 81.5. The van der Waals surface area contributed by atoms with Crippen LogP contribution >= 0.6 is 46.6 Å². The number of fused-ring (bicyclic) bond motifs is 21. The second kappa shape index (κ2) is 31.6. The number of para-hydroxylation sites is 4. The summed E-state index contributed by atoms with van der Waals surface area (Å²) in [6, 6.07) is 140. The van der Waals surface area contributed by atoms with Crippen molar-refractivity contribution in [2.75, 3.05) is 0 Å². The van der Waals surface area contributed by atoms with Crippen LogP contribution in [0, 0.1) is 11.3 Å². The number of imidazole rings is 3. The van der Waals surface area contributed by atoms with Crippen LogP contribution in [0.1, 0.15) is 68.8 Å². The topological polar surface area (TPSA) is 90.4 Å². The van der Waals surface area contributed by atoms with Crippen LogP contribution < -0.4 is 0 Å². The molecule has 12 heteroatoms. The summed E-state index contributed by atoms with van der Waals surface area (Å²) >= 11 is 7.42. The number of benzene rings is 21. The highest BCUT2D eigenvalue weighted by Crippen LogP contribution is 2.57. The van der Waals surface area contributed by atoms with E-state index in [-0.39, 0.29) is 5.41 Å².